The second kappa shape index (κ2) is 7.65. The van der Waals surface area contributed by atoms with Gasteiger partial charge in [-0.05, 0) is 20.8 Å². The monoisotopic (exact) mass is 231 g/mol. The zero-order valence-electron chi connectivity index (χ0n) is 10.7. The van der Waals surface area contributed by atoms with Gasteiger partial charge < -0.3 is 20.3 Å². The van der Waals surface area contributed by atoms with E-state index in [9.17, 15) is 10.2 Å². The van der Waals surface area contributed by atoms with Crippen LogP contribution in [0.4, 0.5) is 0 Å². The molecule has 4 nitrogen and oxygen atoms in total. The van der Waals surface area contributed by atoms with Crippen molar-refractivity contribution in [3.63, 3.8) is 0 Å². The SMILES string of the molecule is C=C(C)NCC(C)OCC(O)C(C)C(C)O. The maximum Gasteiger partial charge on any atom is 0.0823 e. The Kier molecular flexibility index (Phi) is 7.38. The summed E-state index contributed by atoms with van der Waals surface area (Å²) in [7, 11) is 0. The Morgan fingerprint density at radius 1 is 1.31 bits per heavy atom. The Bertz CT molecular complexity index is 206. The van der Waals surface area contributed by atoms with Crippen LogP contribution < -0.4 is 5.32 Å². The molecule has 0 aromatic heterocycles. The van der Waals surface area contributed by atoms with E-state index in [-0.39, 0.29) is 18.6 Å². The first kappa shape index (κ1) is 15.4. The van der Waals surface area contributed by atoms with E-state index in [1.165, 1.54) is 0 Å². The number of allylic oxidation sites excluding steroid dienone is 1. The molecule has 3 N–H and O–H groups in total. The molecule has 0 amide bonds. The van der Waals surface area contributed by atoms with Gasteiger partial charge in [0.05, 0.1) is 24.9 Å². The molecule has 0 spiro atoms. The molecule has 0 aromatic carbocycles. The van der Waals surface area contributed by atoms with Crippen LogP contribution in [0.2, 0.25) is 0 Å². The van der Waals surface area contributed by atoms with Gasteiger partial charge in [-0.15, -0.1) is 0 Å². The molecule has 0 fully saturated rings. The Morgan fingerprint density at radius 2 is 1.88 bits per heavy atom. The van der Waals surface area contributed by atoms with Crippen LogP contribution in [-0.2, 0) is 4.74 Å². The van der Waals surface area contributed by atoms with Crippen molar-refractivity contribution in [1.82, 2.24) is 5.32 Å². The van der Waals surface area contributed by atoms with Gasteiger partial charge in [-0.1, -0.05) is 13.5 Å². The summed E-state index contributed by atoms with van der Waals surface area (Å²) in [4.78, 5) is 0. The van der Waals surface area contributed by atoms with Gasteiger partial charge in [-0.25, -0.2) is 0 Å². The minimum Gasteiger partial charge on any atom is -0.393 e. The molecule has 0 aromatic rings. The fraction of sp³-hybridized carbons (Fsp3) is 0.833. The van der Waals surface area contributed by atoms with Crippen molar-refractivity contribution in [1.29, 1.82) is 0 Å². The van der Waals surface area contributed by atoms with Crippen LogP contribution in [0.5, 0.6) is 0 Å². The Morgan fingerprint density at radius 3 is 2.31 bits per heavy atom. The smallest absolute Gasteiger partial charge is 0.0823 e. The summed E-state index contributed by atoms with van der Waals surface area (Å²) in [5, 5.41) is 22.1. The Balaban J connectivity index is 3.74. The second-order valence-electron chi connectivity index (χ2n) is 4.47. The molecule has 16 heavy (non-hydrogen) atoms. The molecule has 0 heterocycles. The van der Waals surface area contributed by atoms with Crippen molar-refractivity contribution < 1.29 is 14.9 Å². The lowest BCUT2D eigenvalue weighted by molar-refractivity contribution is -0.0458. The third-order valence-corrected chi connectivity index (χ3v) is 2.61. The van der Waals surface area contributed by atoms with E-state index in [0.717, 1.165) is 5.70 Å². The van der Waals surface area contributed by atoms with Gasteiger partial charge in [0.25, 0.3) is 0 Å². The topological polar surface area (TPSA) is 61.7 Å². The quantitative estimate of drug-likeness (QED) is 0.580. The zero-order valence-corrected chi connectivity index (χ0v) is 10.7. The molecule has 4 heteroatoms. The Labute approximate surface area is 98.3 Å². The second-order valence-corrected chi connectivity index (χ2v) is 4.47. The molecule has 4 atom stereocenters. The number of hydrogen-bond acceptors (Lipinski definition) is 4. The number of hydrogen-bond donors (Lipinski definition) is 3. The lowest BCUT2D eigenvalue weighted by Gasteiger charge is -2.23. The van der Waals surface area contributed by atoms with Crippen LogP contribution in [0.1, 0.15) is 27.7 Å². The lowest BCUT2D eigenvalue weighted by atomic mass is 10.00. The van der Waals surface area contributed by atoms with Gasteiger partial charge in [-0.3, -0.25) is 0 Å². The van der Waals surface area contributed by atoms with Crippen molar-refractivity contribution in [2.45, 2.75) is 46.0 Å². The molecular weight excluding hydrogens is 206 g/mol. The van der Waals surface area contributed by atoms with Crippen molar-refractivity contribution >= 4 is 0 Å². The van der Waals surface area contributed by atoms with Crippen molar-refractivity contribution in [3.8, 4) is 0 Å². The number of nitrogens with one attached hydrogen (secondary N) is 1. The largest absolute Gasteiger partial charge is 0.393 e. The van der Waals surface area contributed by atoms with Crippen molar-refractivity contribution in [3.05, 3.63) is 12.3 Å². The third kappa shape index (κ3) is 6.82. The molecule has 0 aliphatic rings. The van der Waals surface area contributed by atoms with Crippen LogP contribution >= 0.6 is 0 Å². The van der Waals surface area contributed by atoms with Crippen LogP contribution in [-0.4, -0.2) is 41.7 Å². The minimum atomic E-state index is -0.632. The molecule has 0 aliphatic heterocycles. The molecule has 0 radical (unpaired) electrons. The molecule has 96 valence electrons. The highest BCUT2D eigenvalue weighted by molar-refractivity contribution is 4.84. The van der Waals surface area contributed by atoms with Crippen LogP contribution in [0.15, 0.2) is 12.3 Å². The summed E-state index contributed by atoms with van der Waals surface area (Å²) < 4.78 is 5.46. The lowest BCUT2D eigenvalue weighted by Crippen LogP contribution is -2.34. The molecule has 4 unspecified atom stereocenters. The number of aliphatic hydroxyl groups is 2. The fourth-order valence-electron chi connectivity index (χ4n) is 1.11. The maximum atomic E-state index is 9.69. The van der Waals surface area contributed by atoms with E-state index in [0.29, 0.717) is 6.54 Å². The van der Waals surface area contributed by atoms with Gasteiger partial charge in [0, 0.05) is 18.2 Å². The van der Waals surface area contributed by atoms with Gasteiger partial charge in [0.1, 0.15) is 0 Å². The Hall–Kier alpha value is -0.580. The predicted octanol–water partition coefficient (Wildman–Crippen LogP) is 0.893. The van der Waals surface area contributed by atoms with Gasteiger partial charge in [-0.2, -0.15) is 0 Å². The molecule has 0 saturated heterocycles. The standard InChI is InChI=1S/C12H25NO3/c1-8(2)13-6-9(3)16-7-12(15)10(4)11(5)14/h9-15H,1,6-7H2,2-5H3. The summed E-state index contributed by atoms with van der Waals surface area (Å²) in [6, 6.07) is 0. The van der Waals surface area contributed by atoms with Crippen molar-refractivity contribution in [2.24, 2.45) is 5.92 Å². The number of aliphatic hydroxyl groups excluding tert-OH is 2. The van der Waals surface area contributed by atoms with E-state index < -0.39 is 12.2 Å². The first-order valence-corrected chi connectivity index (χ1v) is 5.71. The van der Waals surface area contributed by atoms with E-state index in [1.807, 2.05) is 13.8 Å². The minimum absolute atomic E-state index is 0.00699. The summed E-state index contributed by atoms with van der Waals surface area (Å²) in [5.74, 6) is -0.179. The highest BCUT2D eigenvalue weighted by atomic mass is 16.5. The maximum absolute atomic E-state index is 9.69. The van der Waals surface area contributed by atoms with Gasteiger partial charge in [0.2, 0.25) is 0 Å². The molecule has 0 rings (SSSR count). The van der Waals surface area contributed by atoms with Gasteiger partial charge in [0.15, 0.2) is 0 Å². The normalized spacial score (nSPS) is 18.6. The van der Waals surface area contributed by atoms with Crippen LogP contribution in [0.25, 0.3) is 0 Å². The van der Waals surface area contributed by atoms with Crippen LogP contribution in [0, 0.1) is 5.92 Å². The molecule has 0 bridgehead atoms. The fourth-order valence-corrected chi connectivity index (χ4v) is 1.11. The van der Waals surface area contributed by atoms with E-state index in [4.69, 9.17) is 4.74 Å². The number of ether oxygens (including phenoxy) is 1. The van der Waals surface area contributed by atoms with Gasteiger partial charge >= 0.3 is 0 Å². The molecular formula is C12H25NO3. The molecule has 0 saturated carbocycles. The zero-order chi connectivity index (χ0) is 12.7. The summed E-state index contributed by atoms with van der Waals surface area (Å²) in [6.45, 7) is 11.9. The summed E-state index contributed by atoms with van der Waals surface area (Å²) in [5.41, 5.74) is 0.897. The van der Waals surface area contributed by atoms with Crippen molar-refractivity contribution in [2.75, 3.05) is 13.2 Å². The summed E-state index contributed by atoms with van der Waals surface area (Å²) >= 11 is 0. The van der Waals surface area contributed by atoms with E-state index >= 15 is 0 Å². The predicted molar refractivity (Wildman–Crippen MR) is 65.1 cm³/mol. The average Bonchev–Trinajstić information content (AvgIpc) is 2.21. The number of rotatable bonds is 8. The van der Waals surface area contributed by atoms with Crippen LogP contribution in [0.3, 0.4) is 0 Å². The molecule has 0 aliphatic carbocycles. The van der Waals surface area contributed by atoms with E-state index in [1.54, 1.807) is 13.8 Å². The summed E-state index contributed by atoms with van der Waals surface area (Å²) in [6.07, 6.45) is -1.15. The van der Waals surface area contributed by atoms with E-state index in [2.05, 4.69) is 11.9 Å². The average molecular weight is 231 g/mol. The highest BCUT2D eigenvalue weighted by Crippen LogP contribution is 2.09. The first-order chi connectivity index (χ1) is 7.34. The third-order valence-electron chi connectivity index (χ3n) is 2.61. The first-order valence-electron chi connectivity index (χ1n) is 5.71. The highest BCUT2D eigenvalue weighted by Gasteiger charge is 2.19.